The highest BCUT2D eigenvalue weighted by atomic mass is 32.2. The molecule has 1 aliphatic carbocycles. The highest BCUT2D eigenvalue weighted by Gasteiger charge is 2.33. The van der Waals surface area contributed by atoms with Gasteiger partial charge in [0, 0.05) is 12.3 Å². The molecule has 1 saturated carbocycles. The van der Waals surface area contributed by atoms with Crippen LogP contribution in [0.5, 0.6) is 0 Å². The van der Waals surface area contributed by atoms with Crippen LogP contribution in [-0.2, 0) is 9.84 Å². The standard InChI is InChI=1S/C7H15NO2S/c1-8-6-4-3-5-7(6)11(2,9)10/h6-8H,3-5H2,1-2H3. The maximum atomic E-state index is 11.2. The van der Waals surface area contributed by atoms with E-state index in [1.807, 2.05) is 7.05 Å². The van der Waals surface area contributed by atoms with E-state index < -0.39 is 9.84 Å². The van der Waals surface area contributed by atoms with Crippen molar-refractivity contribution >= 4 is 9.84 Å². The average Bonchev–Trinajstić information content (AvgIpc) is 2.31. The lowest BCUT2D eigenvalue weighted by molar-refractivity contribution is 0.542. The molecule has 2 atom stereocenters. The van der Waals surface area contributed by atoms with E-state index in [2.05, 4.69) is 5.32 Å². The van der Waals surface area contributed by atoms with Crippen molar-refractivity contribution in [2.24, 2.45) is 0 Å². The smallest absolute Gasteiger partial charge is 0.151 e. The molecule has 0 spiro atoms. The van der Waals surface area contributed by atoms with Gasteiger partial charge in [0.25, 0.3) is 0 Å². The molecule has 2 unspecified atom stereocenters. The second kappa shape index (κ2) is 3.11. The molecule has 0 amide bonds. The maximum absolute atomic E-state index is 11.2. The molecule has 0 radical (unpaired) electrons. The van der Waals surface area contributed by atoms with E-state index in [9.17, 15) is 8.42 Å². The Labute approximate surface area is 68.1 Å². The summed E-state index contributed by atoms with van der Waals surface area (Å²) in [6.45, 7) is 0. The highest BCUT2D eigenvalue weighted by molar-refractivity contribution is 7.91. The first-order chi connectivity index (χ1) is 5.05. The van der Waals surface area contributed by atoms with E-state index in [1.165, 1.54) is 6.26 Å². The van der Waals surface area contributed by atoms with Gasteiger partial charge in [-0.2, -0.15) is 0 Å². The quantitative estimate of drug-likeness (QED) is 0.654. The molecule has 4 heteroatoms. The largest absolute Gasteiger partial charge is 0.316 e. The van der Waals surface area contributed by atoms with Gasteiger partial charge >= 0.3 is 0 Å². The van der Waals surface area contributed by atoms with E-state index >= 15 is 0 Å². The monoisotopic (exact) mass is 177 g/mol. The molecule has 0 aliphatic heterocycles. The summed E-state index contributed by atoms with van der Waals surface area (Å²) in [5, 5.41) is 2.90. The minimum absolute atomic E-state index is 0.146. The lowest BCUT2D eigenvalue weighted by atomic mass is 10.2. The van der Waals surface area contributed by atoms with Crippen LogP contribution in [0.2, 0.25) is 0 Å². The van der Waals surface area contributed by atoms with Gasteiger partial charge < -0.3 is 5.32 Å². The molecule has 0 aromatic heterocycles. The van der Waals surface area contributed by atoms with Gasteiger partial charge in [0.05, 0.1) is 5.25 Å². The van der Waals surface area contributed by atoms with Gasteiger partial charge in [0.2, 0.25) is 0 Å². The van der Waals surface area contributed by atoms with E-state index in [0.717, 1.165) is 19.3 Å². The van der Waals surface area contributed by atoms with Crippen molar-refractivity contribution in [1.29, 1.82) is 0 Å². The van der Waals surface area contributed by atoms with Crippen LogP contribution in [0.25, 0.3) is 0 Å². The van der Waals surface area contributed by atoms with Crippen molar-refractivity contribution in [2.45, 2.75) is 30.6 Å². The summed E-state index contributed by atoms with van der Waals surface area (Å²) >= 11 is 0. The molecular formula is C7H15NO2S. The predicted molar refractivity (Wildman–Crippen MR) is 45.3 cm³/mol. The van der Waals surface area contributed by atoms with Crippen LogP contribution in [0.3, 0.4) is 0 Å². The Balaban J connectivity index is 2.72. The fourth-order valence-corrected chi connectivity index (χ4v) is 3.23. The lowest BCUT2D eigenvalue weighted by Crippen LogP contribution is -2.37. The van der Waals surface area contributed by atoms with E-state index in [0.29, 0.717) is 0 Å². The second-order valence-corrected chi connectivity index (χ2v) is 5.46. The summed E-state index contributed by atoms with van der Waals surface area (Å²) in [6, 6.07) is 0.185. The van der Waals surface area contributed by atoms with Crippen LogP contribution >= 0.6 is 0 Å². The molecule has 0 aromatic rings. The molecule has 0 saturated heterocycles. The Morgan fingerprint density at radius 2 is 2.00 bits per heavy atom. The predicted octanol–water partition coefficient (Wildman–Crippen LogP) is 0.171. The third-order valence-electron chi connectivity index (χ3n) is 2.37. The molecule has 0 bridgehead atoms. The summed E-state index contributed by atoms with van der Waals surface area (Å²) in [6.07, 6.45) is 4.18. The molecule has 1 aliphatic rings. The van der Waals surface area contributed by atoms with Crippen LogP contribution in [0.4, 0.5) is 0 Å². The van der Waals surface area contributed by atoms with Crippen molar-refractivity contribution in [3.8, 4) is 0 Å². The third-order valence-corrected chi connectivity index (χ3v) is 4.04. The minimum Gasteiger partial charge on any atom is -0.316 e. The first-order valence-electron chi connectivity index (χ1n) is 3.92. The number of hydrogen-bond donors (Lipinski definition) is 1. The topological polar surface area (TPSA) is 46.2 Å². The second-order valence-electron chi connectivity index (χ2n) is 3.19. The molecule has 0 heterocycles. The summed E-state index contributed by atoms with van der Waals surface area (Å²) in [5.41, 5.74) is 0. The van der Waals surface area contributed by atoms with Crippen molar-refractivity contribution < 1.29 is 8.42 Å². The van der Waals surface area contributed by atoms with Crippen LogP contribution in [0.1, 0.15) is 19.3 Å². The number of sulfone groups is 1. The first kappa shape index (κ1) is 9.00. The zero-order valence-corrected chi connectivity index (χ0v) is 7.82. The molecule has 3 nitrogen and oxygen atoms in total. The number of nitrogens with one attached hydrogen (secondary N) is 1. The van der Waals surface area contributed by atoms with Gasteiger partial charge in [-0.25, -0.2) is 8.42 Å². The normalized spacial score (nSPS) is 32.5. The van der Waals surface area contributed by atoms with Gasteiger partial charge in [-0.1, -0.05) is 6.42 Å². The summed E-state index contributed by atoms with van der Waals surface area (Å²) in [5.74, 6) is 0. The Morgan fingerprint density at radius 1 is 1.36 bits per heavy atom. The first-order valence-corrected chi connectivity index (χ1v) is 5.87. The van der Waals surface area contributed by atoms with Crippen molar-refractivity contribution in [3.63, 3.8) is 0 Å². The SMILES string of the molecule is CNC1CCCC1S(C)(=O)=O. The number of rotatable bonds is 2. The Bertz CT molecular complexity index is 223. The minimum atomic E-state index is -2.83. The van der Waals surface area contributed by atoms with Crippen molar-refractivity contribution in [1.82, 2.24) is 5.32 Å². The molecule has 66 valence electrons. The molecule has 1 N–H and O–H groups in total. The fraction of sp³-hybridized carbons (Fsp3) is 1.00. The zero-order chi connectivity index (χ0) is 8.48. The van der Waals surface area contributed by atoms with E-state index in [4.69, 9.17) is 0 Å². The van der Waals surface area contributed by atoms with Gasteiger partial charge in [0.15, 0.2) is 9.84 Å². The van der Waals surface area contributed by atoms with E-state index in [-0.39, 0.29) is 11.3 Å². The van der Waals surface area contributed by atoms with Crippen LogP contribution in [0.15, 0.2) is 0 Å². The zero-order valence-electron chi connectivity index (χ0n) is 7.00. The van der Waals surface area contributed by atoms with Gasteiger partial charge in [-0.3, -0.25) is 0 Å². The molecule has 1 fully saturated rings. The Kier molecular flexibility index (Phi) is 2.54. The molecule has 0 aromatic carbocycles. The summed E-state index contributed by atoms with van der Waals surface area (Å²) in [7, 11) is -0.999. The van der Waals surface area contributed by atoms with Crippen LogP contribution < -0.4 is 5.32 Å². The molecular weight excluding hydrogens is 162 g/mol. The Hall–Kier alpha value is -0.0900. The third kappa shape index (κ3) is 1.93. The summed E-state index contributed by atoms with van der Waals surface area (Å²) < 4.78 is 22.3. The van der Waals surface area contributed by atoms with Gasteiger partial charge in [-0.05, 0) is 19.9 Å². The molecule has 11 heavy (non-hydrogen) atoms. The highest BCUT2D eigenvalue weighted by Crippen LogP contribution is 2.24. The van der Waals surface area contributed by atoms with Gasteiger partial charge in [-0.15, -0.1) is 0 Å². The Morgan fingerprint density at radius 3 is 2.36 bits per heavy atom. The average molecular weight is 177 g/mol. The lowest BCUT2D eigenvalue weighted by Gasteiger charge is -2.16. The van der Waals surface area contributed by atoms with Crippen LogP contribution in [-0.4, -0.2) is 33.0 Å². The maximum Gasteiger partial charge on any atom is 0.151 e. The summed E-state index contributed by atoms with van der Waals surface area (Å²) in [4.78, 5) is 0. The van der Waals surface area contributed by atoms with E-state index in [1.54, 1.807) is 0 Å². The van der Waals surface area contributed by atoms with Crippen LogP contribution in [0, 0.1) is 0 Å². The molecule has 1 rings (SSSR count). The van der Waals surface area contributed by atoms with Gasteiger partial charge in [0.1, 0.15) is 0 Å². The number of hydrogen-bond acceptors (Lipinski definition) is 3. The fourth-order valence-electron chi connectivity index (χ4n) is 1.77. The van der Waals surface area contributed by atoms with Crippen molar-refractivity contribution in [2.75, 3.05) is 13.3 Å². The van der Waals surface area contributed by atoms with Crippen molar-refractivity contribution in [3.05, 3.63) is 0 Å².